The second-order valence-corrected chi connectivity index (χ2v) is 6.35. The standard InChI is InChI=1S/C17H17ClN4O5/c18-12-3-4-14(15(10-12)22(25)26)20-6-8-21(9-7-20)16(23)11-27-17(24)13-2-1-5-19-13/h1-5,10,19H,6-9,11H2. The maximum Gasteiger partial charge on any atom is 0.355 e. The van der Waals surface area contributed by atoms with Gasteiger partial charge >= 0.3 is 5.97 Å². The maximum atomic E-state index is 12.2. The van der Waals surface area contributed by atoms with Gasteiger partial charge in [0, 0.05) is 43.5 Å². The van der Waals surface area contributed by atoms with Gasteiger partial charge in [0.2, 0.25) is 0 Å². The lowest BCUT2D eigenvalue weighted by atomic mass is 10.2. The van der Waals surface area contributed by atoms with Crippen LogP contribution in [0.4, 0.5) is 11.4 Å². The number of carbonyl (C=O) groups excluding carboxylic acids is 2. The molecule has 9 nitrogen and oxygen atoms in total. The molecule has 1 aromatic carbocycles. The Balaban J connectivity index is 1.55. The molecule has 0 unspecified atom stereocenters. The summed E-state index contributed by atoms with van der Waals surface area (Å²) in [5.41, 5.74) is 0.680. The Kier molecular flexibility index (Phi) is 5.60. The molecule has 3 rings (SSSR count). The number of carbonyl (C=O) groups is 2. The van der Waals surface area contributed by atoms with Gasteiger partial charge in [-0.1, -0.05) is 11.6 Å². The van der Waals surface area contributed by atoms with E-state index in [1.54, 1.807) is 35.4 Å². The van der Waals surface area contributed by atoms with Gasteiger partial charge in [-0.05, 0) is 24.3 Å². The number of amides is 1. The largest absolute Gasteiger partial charge is 0.451 e. The van der Waals surface area contributed by atoms with Crippen LogP contribution < -0.4 is 4.90 Å². The zero-order valence-corrected chi connectivity index (χ0v) is 15.0. The minimum atomic E-state index is -0.594. The fourth-order valence-electron chi connectivity index (χ4n) is 2.86. The van der Waals surface area contributed by atoms with Gasteiger partial charge in [-0.2, -0.15) is 0 Å². The number of anilines is 1. The fourth-order valence-corrected chi connectivity index (χ4v) is 3.03. The Hall–Kier alpha value is -3.07. The lowest BCUT2D eigenvalue weighted by Crippen LogP contribution is -2.50. The van der Waals surface area contributed by atoms with Crippen molar-refractivity contribution in [2.75, 3.05) is 37.7 Å². The SMILES string of the molecule is O=C(OCC(=O)N1CCN(c2ccc(Cl)cc2[N+](=O)[O-])CC1)c1ccc[nH]1. The molecule has 1 aliphatic rings. The van der Waals surface area contributed by atoms with Crippen LogP contribution in [0.3, 0.4) is 0 Å². The van der Waals surface area contributed by atoms with E-state index in [9.17, 15) is 19.7 Å². The summed E-state index contributed by atoms with van der Waals surface area (Å²) in [5.74, 6) is -0.899. The predicted molar refractivity (Wildman–Crippen MR) is 98.0 cm³/mol. The number of benzene rings is 1. The molecular weight excluding hydrogens is 376 g/mol. The molecule has 1 aromatic heterocycles. The summed E-state index contributed by atoms with van der Waals surface area (Å²) in [4.78, 5) is 40.9. The van der Waals surface area contributed by atoms with Crippen LogP contribution in [-0.4, -0.2) is 59.5 Å². The average Bonchev–Trinajstić information content (AvgIpc) is 3.21. The number of esters is 1. The summed E-state index contributed by atoms with van der Waals surface area (Å²) in [6.07, 6.45) is 1.59. The van der Waals surface area contributed by atoms with E-state index in [0.29, 0.717) is 36.9 Å². The average molecular weight is 393 g/mol. The van der Waals surface area contributed by atoms with Gasteiger partial charge in [-0.25, -0.2) is 4.79 Å². The summed E-state index contributed by atoms with van der Waals surface area (Å²) in [6, 6.07) is 7.74. The Morgan fingerprint density at radius 2 is 1.96 bits per heavy atom. The van der Waals surface area contributed by atoms with Gasteiger partial charge in [-0.3, -0.25) is 14.9 Å². The lowest BCUT2D eigenvalue weighted by molar-refractivity contribution is -0.384. The second-order valence-electron chi connectivity index (χ2n) is 5.92. The van der Waals surface area contributed by atoms with Crippen molar-refractivity contribution < 1.29 is 19.2 Å². The number of nitrogens with zero attached hydrogens (tertiary/aromatic N) is 3. The number of ether oxygens (including phenoxy) is 1. The van der Waals surface area contributed by atoms with Crippen LogP contribution in [0.5, 0.6) is 0 Å². The maximum absolute atomic E-state index is 12.2. The van der Waals surface area contributed by atoms with Crippen LogP contribution in [0.25, 0.3) is 0 Å². The highest BCUT2D eigenvalue weighted by atomic mass is 35.5. The second kappa shape index (κ2) is 8.09. The molecule has 0 spiro atoms. The minimum absolute atomic E-state index is 0.0674. The van der Waals surface area contributed by atoms with Crippen molar-refractivity contribution in [1.29, 1.82) is 0 Å². The quantitative estimate of drug-likeness (QED) is 0.474. The molecule has 0 aliphatic carbocycles. The van der Waals surface area contributed by atoms with Gasteiger partial charge in [0.25, 0.3) is 11.6 Å². The molecule has 1 saturated heterocycles. The number of hydrogen-bond donors (Lipinski definition) is 1. The number of nitro groups is 1. The van der Waals surface area contributed by atoms with E-state index < -0.39 is 10.9 Å². The van der Waals surface area contributed by atoms with Crippen molar-refractivity contribution >= 4 is 34.9 Å². The van der Waals surface area contributed by atoms with E-state index in [-0.39, 0.29) is 23.9 Å². The third-order valence-corrected chi connectivity index (χ3v) is 4.49. The molecular formula is C17H17ClN4O5. The molecule has 0 bridgehead atoms. The zero-order valence-electron chi connectivity index (χ0n) is 14.3. The molecule has 10 heteroatoms. The molecule has 1 amide bonds. The van der Waals surface area contributed by atoms with E-state index >= 15 is 0 Å². The number of aromatic amines is 1. The molecule has 27 heavy (non-hydrogen) atoms. The number of aromatic nitrogens is 1. The first-order chi connectivity index (χ1) is 13.0. The van der Waals surface area contributed by atoms with Crippen LogP contribution in [0.1, 0.15) is 10.5 Å². The minimum Gasteiger partial charge on any atom is -0.451 e. The number of nitrogens with one attached hydrogen (secondary N) is 1. The Bertz CT molecular complexity index is 847. The van der Waals surface area contributed by atoms with E-state index in [4.69, 9.17) is 16.3 Å². The van der Waals surface area contributed by atoms with Crippen molar-refractivity contribution in [3.63, 3.8) is 0 Å². The highest BCUT2D eigenvalue weighted by molar-refractivity contribution is 6.30. The van der Waals surface area contributed by atoms with Gasteiger partial charge in [-0.15, -0.1) is 0 Å². The fraction of sp³-hybridized carbons (Fsp3) is 0.294. The Morgan fingerprint density at radius 3 is 2.59 bits per heavy atom. The van der Waals surface area contributed by atoms with Crippen molar-refractivity contribution in [3.05, 3.63) is 57.4 Å². The van der Waals surface area contributed by atoms with Gasteiger partial charge < -0.3 is 19.5 Å². The lowest BCUT2D eigenvalue weighted by Gasteiger charge is -2.35. The molecule has 0 radical (unpaired) electrons. The molecule has 1 aliphatic heterocycles. The third-order valence-electron chi connectivity index (χ3n) is 4.25. The van der Waals surface area contributed by atoms with Crippen molar-refractivity contribution in [3.8, 4) is 0 Å². The first-order valence-corrected chi connectivity index (χ1v) is 8.60. The van der Waals surface area contributed by atoms with Crippen LogP contribution >= 0.6 is 11.6 Å². The number of hydrogen-bond acceptors (Lipinski definition) is 6. The number of H-pyrrole nitrogens is 1. The van der Waals surface area contributed by atoms with Crippen LogP contribution in [-0.2, 0) is 9.53 Å². The highest BCUT2D eigenvalue weighted by Crippen LogP contribution is 2.31. The highest BCUT2D eigenvalue weighted by Gasteiger charge is 2.26. The Morgan fingerprint density at radius 1 is 1.22 bits per heavy atom. The molecule has 0 atom stereocenters. The van der Waals surface area contributed by atoms with Crippen LogP contribution in [0, 0.1) is 10.1 Å². The van der Waals surface area contributed by atoms with Crippen LogP contribution in [0.2, 0.25) is 5.02 Å². The molecule has 2 heterocycles. The van der Waals surface area contributed by atoms with E-state index in [0.717, 1.165) is 0 Å². The van der Waals surface area contributed by atoms with E-state index in [2.05, 4.69) is 4.98 Å². The monoisotopic (exact) mass is 392 g/mol. The van der Waals surface area contributed by atoms with Gasteiger partial charge in [0.05, 0.1) is 4.92 Å². The molecule has 1 fully saturated rings. The van der Waals surface area contributed by atoms with Gasteiger partial charge in [0.1, 0.15) is 11.4 Å². The topological polar surface area (TPSA) is 109 Å². The molecule has 142 valence electrons. The zero-order chi connectivity index (χ0) is 19.4. The summed E-state index contributed by atoms with van der Waals surface area (Å²) in [6.45, 7) is 1.26. The first-order valence-electron chi connectivity index (χ1n) is 8.23. The van der Waals surface area contributed by atoms with Crippen molar-refractivity contribution in [2.45, 2.75) is 0 Å². The summed E-state index contributed by atoms with van der Waals surface area (Å²) in [5, 5.41) is 11.5. The number of rotatable bonds is 5. The molecule has 2 aromatic rings. The van der Waals surface area contributed by atoms with Crippen LogP contribution in [0.15, 0.2) is 36.5 Å². The first kappa shape index (κ1) is 18.7. The third kappa shape index (κ3) is 4.37. The molecule has 0 saturated carbocycles. The van der Waals surface area contributed by atoms with Crippen molar-refractivity contribution in [2.24, 2.45) is 0 Å². The number of piperazine rings is 1. The summed E-state index contributed by atoms with van der Waals surface area (Å²) in [7, 11) is 0. The van der Waals surface area contributed by atoms with E-state index in [1.165, 1.54) is 6.07 Å². The smallest absolute Gasteiger partial charge is 0.355 e. The normalized spacial score (nSPS) is 14.1. The summed E-state index contributed by atoms with van der Waals surface area (Å²) < 4.78 is 5.00. The molecule has 1 N–H and O–H groups in total. The van der Waals surface area contributed by atoms with Gasteiger partial charge in [0.15, 0.2) is 6.61 Å². The summed E-state index contributed by atoms with van der Waals surface area (Å²) >= 11 is 5.84. The Labute approximate surface area is 159 Å². The van der Waals surface area contributed by atoms with E-state index in [1.807, 2.05) is 4.90 Å². The predicted octanol–water partition coefficient (Wildman–Crippen LogP) is 2.08. The van der Waals surface area contributed by atoms with Crippen molar-refractivity contribution in [1.82, 2.24) is 9.88 Å². The number of nitro benzene ring substituents is 1. The number of halogens is 1.